The zero-order valence-corrected chi connectivity index (χ0v) is 10.9. The van der Waals surface area contributed by atoms with Crippen LogP contribution in [0.4, 0.5) is 18.9 Å². The number of benzene rings is 1. The van der Waals surface area contributed by atoms with Crippen LogP contribution in [0.5, 0.6) is 0 Å². The average molecular weight is 302 g/mol. The van der Waals surface area contributed by atoms with E-state index < -0.39 is 12.8 Å². The lowest BCUT2D eigenvalue weighted by molar-refractivity contribution is -0.173. The van der Waals surface area contributed by atoms with Gasteiger partial charge in [-0.15, -0.1) is 0 Å². The van der Waals surface area contributed by atoms with Gasteiger partial charge >= 0.3 is 6.18 Å². The van der Waals surface area contributed by atoms with Crippen LogP contribution < -0.4 is 5.32 Å². The number of nitrogens with one attached hydrogen (secondary N) is 1. The van der Waals surface area contributed by atoms with Crippen molar-refractivity contribution in [1.82, 2.24) is 0 Å². The number of hydrogen-bond donors (Lipinski definition) is 1. The summed E-state index contributed by atoms with van der Waals surface area (Å²) in [5, 5.41) is 3.90. The molecule has 0 aliphatic carbocycles. The molecule has 0 bridgehead atoms. The molecule has 1 rings (SSSR count). The summed E-state index contributed by atoms with van der Waals surface area (Å²) in [6, 6.07) is 5.06. The maximum Gasteiger partial charge on any atom is 0.411 e. The molecule has 0 unspecified atom stereocenters. The molecule has 1 aromatic carbocycles. The van der Waals surface area contributed by atoms with Crippen molar-refractivity contribution in [2.24, 2.45) is 0 Å². The molecule has 7 heteroatoms. The van der Waals surface area contributed by atoms with Crippen molar-refractivity contribution in [3.63, 3.8) is 0 Å². The van der Waals surface area contributed by atoms with Crippen LogP contribution in [0.15, 0.2) is 18.2 Å². The molecule has 0 spiro atoms. The normalized spacial score (nSPS) is 11.6. The third-order valence-corrected chi connectivity index (χ3v) is 2.63. The van der Waals surface area contributed by atoms with Gasteiger partial charge in [0.2, 0.25) is 0 Å². The lowest BCUT2D eigenvalue weighted by Gasteiger charge is -2.11. The Balaban J connectivity index is 2.22. The van der Waals surface area contributed by atoms with Crippen molar-refractivity contribution < 1.29 is 17.9 Å². The molecule has 102 valence electrons. The molecule has 1 aromatic rings. The predicted molar refractivity (Wildman–Crippen MR) is 66.4 cm³/mol. The first-order valence-corrected chi connectivity index (χ1v) is 5.98. The minimum absolute atomic E-state index is 0.0224. The second-order valence-corrected chi connectivity index (χ2v) is 4.36. The summed E-state index contributed by atoms with van der Waals surface area (Å²) in [6.45, 7) is -0.768. The van der Waals surface area contributed by atoms with E-state index in [-0.39, 0.29) is 6.61 Å². The standard InChI is InChI=1S/C11H12Cl2F3NO/c12-8-3-1-4-9(13)10(8)17-5-2-6-18-7-11(14,15)16/h1,3-4,17H,2,5-7H2. The Hall–Kier alpha value is -0.650. The number of alkyl halides is 3. The second kappa shape index (κ2) is 7.07. The van der Waals surface area contributed by atoms with E-state index >= 15 is 0 Å². The Morgan fingerprint density at radius 2 is 1.78 bits per heavy atom. The highest BCUT2D eigenvalue weighted by Gasteiger charge is 2.27. The number of hydrogen-bond acceptors (Lipinski definition) is 2. The van der Waals surface area contributed by atoms with Gasteiger partial charge in [-0.1, -0.05) is 29.3 Å². The zero-order valence-electron chi connectivity index (χ0n) is 9.36. The van der Waals surface area contributed by atoms with Gasteiger partial charge in [-0.2, -0.15) is 13.2 Å². The summed E-state index contributed by atoms with van der Waals surface area (Å²) in [4.78, 5) is 0. The summed E-state index contributed by atoms with van der Waals surface area (Å²) < 4.78 is 39.7. The van der Waals surface area contributed by atoms with Crippen LogP contribution in [0.2, 0.25) is 10.0 Å². The molecule has 1 N–H and O–H groups in total. The summed E-state index contributed by atoms with van der Waals surface area (Å²) in [7, 11) is 0. The third kappa shape index (κ3) is 5.80. The average Bonchev–Trinajstić information content (AvgIpc) is 2.25. The van der Waals surface area contributed by atoms with Gasteiger partial charge in [0.15, 0.2) is 0 Å². The predicted octanol–water partition coefficient (Wildman–Crippen LogP) is 4.37. The molecule has 0 fully saturated rings. The van der Waals surface area contributed by atoms with Gasteiger partial charge in [0.25, 0.3) is 0 Å². The van der Waals surface area contributed by atoms with Gasteiger partial charge in [-0.3, -0.25) is 0 Å². The summed E-state index contributed by atoms with van der Waals surface area (Å²) in [5.41, 5.74) is 0.580. The van der Waals surface area contributed by atoms with Crippen LogP contribution in [-0.4, -0.2) is 25.9 Å². The Morgan fingerprint density at radius 1 is 1.17 bits per heavy atom. The van der Waals surface area contributed by atoms with Crippen LogP contribution in [0.3, 0.4) is 0 Å². The molecule has 0 heterocycles. The number of rotatable bonds is 6. The van der Waals surface area contributed by atoms with Gasteiger partial charge in [-0.05, 0) is 18.6 Å². The van der Waals surface area contributed by atoms with Crippen LogP contribution in [-0.2, 0) is 4.74 Å². The molecular formula is C11H12Cl2F3NO. The zero-order chi connectivity index (χ0) is 13.6. The van der Waals surface area contributed by atoms with Gasteiger partial charge in [0, 0.05) is 13.2 Å². The molecule has 0 amide bonds. The van der Waals surface area contributed by atoms with Crippen molar-refractivity contribution in [2.45, 2.75) is 12.6 Å². The van der Waals surface area contributed by atoms with Crippen LogP contribution >= 0.6 is 23.2 Å². The lowest BCUT2D eigenvalue weighted by Crippen LogP contribution is -2.18. The largest absolute Gasteiger partial charge is 0.411 e. The Morgan fingerprint density at radius 3 is 2.33 bits per heavy atom. The highest BCUT2D eigenvalue weighted by Crippen LogP contribution is 2.29. The van der Waals surface area contributed by atoms with Crippen LogP contribution in [0, 0.1) is 0 Å². The van der Waals surface area contributed by atoms with Gasteiger partial charge in [0.1, 0.15) is 6.61 Å². The van der Waals surface area contributed by atoms with Gasteiger partial charge in [0.05, 0.1) is 15.7 Å². The van der Waals surface area contributed by atoms with Crippen molar-refractivity contribution in [2.75, 3.05) is 25.1 Å². The molecular weight excluding hydrogens is 290 g/mol. The minimum atomic E-state index is -4.28. The van der Waals surface area contributed by atoms with Crippen molar-refractivity contribution in [3.8, 4) is 0 Å². The first-order chi connectivity index (χ1) is 8.40. The molecule has 0 radical (unpaired) electrons. The molecule has 0 saturated carbocycles. The van der Waals surface area contributed by atoms with E-state index in [9.17, 15) is 13.2 Å². The quantitative estimate of drug-likeness (QED) is 0.788. The number of halogens is 5. The Bertz CT molecular complexity index is 365. The van der Waals surface area contributed by atoms with Gasteiger partial charge in [-0.25, -0.2) is 0 Å². The van der Waals surface area contributed by atoms with E-state index in [0.29, 0.717) is 28.7 Å². The molecule has 18 heavy (non-hydrogen) atoms. The maximum absolute atomic E-state index is 11.8. The molecule has 0 atom stereocenters. The fourth-order valence-electron chi connectivity index (χ4n) is 1.24. The molecule has 0 aliphatic heterocycles. The summed E-state index contributed by atoms with van der Waals surface area (Å²) in [6.07, 6.45) is -3.85. The van der Waals surface area contributed by atoms with Crippen molar-refractivity contribution in [3.05, 3.63) is 28.2 Å². The van der Waals surface area contributed by atoms with E-state index in [4.69, 9.17) is 23.2 Å². The van der Waals surface area contributed by atoms with Crippen molar-refractivity contribution >= 4 is 28.9 Å². The van der Waals surface area contributed by atoms with E-state index in [1.165, 1.54) is 0 Å². The fraction of sp³-hybridized carbons (Fsp3) is 0.455. The molecule has 0 aromatic heterocycles. The van der Waals surface area contributed by atoms with Gasteiger partial charge < -0.3 is 10.1 Å². The number of anilines is 1. The highest BCUT2D eigenvalue weighted by molar-refractivity contribution is 6.39. The molecule has 0 saturated heterocycles. The lowest BCUT2D eigenvalue weighted by atomic mass is 10.3. The fourth-order valence-corrected chi connectivity index (χ4v) is 1.77. The van der Waals surface area contributed by atoms with E-state index in [1.807, 2.05) is 0 Å². The van der Waals surface area contributed by atoms with Crippen LogP contribution in [0.25, 0.3) is 0 Å². The number of para-hydroxylation sites is 1. The minimum Gasteiger partial charge on any atom is -0.383 e. The van der Waals surface area contributed by atoms with Crippen LogP contribution in [0.1, 0.15) is 6.42 Å². The first-order valence-electron chi connectivity index (χ1n) is 5.22. The summed E-state index contributed by atoms with van der Waals surface area (Å²) in [5.74, 6) is 0. The van der Waals surface area contributed by atoms with E-state index in [1.54, 1.807) is 18.2 Å². The second-order valence-electron chi connectivity index (χ2n) is 3.54. The topological polar surface area (TPSA) is 21.3 Å². The first kappa shape index (κ1) is 15.4. The smallest absolute Gasteiger partial charge is 0.383 e. The Labute approximate surface area is 113 Å². The summed E-state index contributed by atoms with van der Waals surface area (Å²) >= 11 is 11.8. The third-order valence-electron chi connectivity index (χ3n) is 2.00. The number of ether oxygens (including phenoxy) is 1. The molecule has 0 aliphatic rings. The molecule has 2 nitrogen and oxygen atoms in total. The highest BCUT2D eigenvalue weighted by atomic mass is 35.5. The Kier molecular flexibility index (Phi) is 6.05. The van der Waals surface area contributed by atoms with Crippen molar-refractivity contribution in [1.29, 1.82) is 0 Å². The monoisotopic (exact) mass is 301 g/mol. The van der Waals surface area contributed by atoms with E-state index in [2.05, 4.69) is 10.1 Å². The maximum atomic E-state index is 11.8. The van der Waals surface area contributed by atoms with E-state index in [0.717, 1.165) is 0 Å². The SMILES string of the molecule is FC(F)(F)COCCCNc1c(Cl)cccc1Cl.